The van der Waals surface area contributed by atoms with Crippen LogP contribution < -0.4 is 0 Å². The zero-order valence-corrected chi connectivity index (χ0v) is 53.9. The first-order valence-corrected chi connectivity index (χ1v) is 35.5. The van der Waals surface area contributed by atoms with Gasteiger partial charge in [-0.15, -0.1) is 0 Å². The lowest BCUT2D eigenvalue weighted by Gasteiger charge is -2.21. The Hall–Kier alpha value is -1.94. The van der Waals surface area contributed by atoms with Crippen molar-refractivity contribution in [3.63, 3.8) is 0 Å². The summed E-state index contributed by atoms with van der Waals surface area (Å²) in [4.78, 5) is 72.0. The maximum Gasteiger partial charge on any atom is 0.472 e. The fourth-order valence-electron chi connectivity index (χ4n) is 9.15. The van der Waals surface area contributed by atoms with Gasteiger partial charge in [0, 0.05) is 25.7 Å². The molecule has 6 atom stereocenters. The van der Waals surface area contributed by atoms with Crippen LogP contribution in [0, 0.1) is 11.8 Å². The molecule has 0 aromatic rings. The molecule has 3 N–H and O–H groups in total. The van der Waals surface area contributed by atoms with E-state index in [1.54, 1.807) is 0 Å². The Morgan fingerprint density at radius 1 is 0.358 bits per heavy atom. The van der Waals surface area contributed by atoms with Gasteiger partial charge in [-0.1, -0.05) is 253 Å². The molecular formula is C62H120O17P2. The first-order chi connectivity index (χ1) is 38.9. The van der Waals surface area contributed by atoms with Gasteiger partial charge >= 0.3 is 39.5 Å². The number of aliphatic hydroxyl groups excluding tert-OH is 1. The third kappa shape index (κ3) is 55.7. The molecule has 0 saturated carbocycles. The van der Waals surface area contributed by atoms with Gasteiger partial charge in [0.15, 0.2) is 12.2 Å². The first-order valence-electron chi connectivity index (χ1n) is 32.5. The third-order valence-electron chi connectivity index (χ3n) is 14.6. The number of hydrogen-bond acceptors (Lipinski definition) is 15. The minimum Gasteiger partial charge on any atom is -0.462 e. The molecule has 0 rings (SSSR count). The van der Waals surface area contributed by atoms with Crippen LogP contribution in [0.3, 0.4) is 0 Å². The van der Waals surface area contributed by atoms with E-state index in [9.17, 15) is 43.2 Å². The van der Waals surface area contributed by atoms with Crippen LogP contribution in [0.15, 0.2) is 0 Å². The number of rotatable bonds is 61. The summed E-state index contributed by atoms with van der Waals surface area (Å²) in [6.45, 7) is 9.41. The van der Waals surface area contributed by atoms with Crippen LogP contribution in [0.5, 0.6) is 0 Å². The van der Waals surface area contributed by atoms with Crippen molar-refractivity contribution in [3.8, 4) is 0 Å². The predicted octanol–water partition coefficient (Wildman–Crippen LogP) is 16.9. The average Bonchev–Trinajstić information content (AvgIpc) is 3.43. The van der Waals surface area contributed by atoms with Crippen molar-refractivity contribution >= 4 is 39.5 Å². The van der Waals surface area contributed by atoms with Crippen molar-refractivity contribution in [2.24, 2.45) is 11.8 Å². The SMILES string of the molecule is CCCCCCCCCCCC(=O)OC[C@H](COP(=O)(O)OC[C@H](O)COP(=O)(O)OC[C@@H](COC(=O)CCCCCCCCCCC(C)C)OC(=O)CCCCCCCCCCC(C)CC)OC(=O)CCCCCCCCCCC. The summed E-state index contributed by atoms with van der Waals surface area (Å²) >= 11 is 0. The lowest BCUT2D eigenvalue weighted by Crippen LogP contribution is -2.30. The molecule has 0 aromatic heterocycles. The van der Waals surface area contributed by atoms with Gasteiger partial charge in [0.25, 0.3) is 0 Å². The fraction of sp³-hybridized carbons (Fsp3) is 0.935. The summed E-state index contributed by atoms with van der Waals surface area (Å²) in [7, 11) is -9.88. The highest BCUT2D eigenvalue weighted by molar-refractivity contribution is 7.47. The lowest BCUT2D eigenvalue weighted by molar-refractivity contribution is -0.161. The largest absolute Gasteiger partial charge is 0.472 e. The maximum atomic E-state index is 13.0. The minimum atomic E-state index is -4.94. The van der Waals surface area contributed by atoms with E-state index in [2.05, 4.69) is 41.5 Å². The molecule has 0 heterocycles. The maximum absolute atomic E-state index is 13.0. The topological polar surface area (TPSA) is 237 Å². The van der Waals surface area contributed by atoms with Crippen LogP contribution in [0.2, 0.25) is 0 Å². The second-order valence-electron chi connectivity index (χ2n) is 23.2. The Labute approximate surface area is 492 Å². The molecule has 17 nitrogen and oxygen atoms in total. The third-order valence-corrected chi connectivity index (χ3v) is 16.5. The number of phosphoric ester groups is 2. The van der Waals surface area contributed by atoms with E-state index in [0.29, 0.717) is 25.7 Å². The average molecular weight is 1200 g/mol. The molecule has 0 amide bonds. The summed E-state index contributed by atoms with van der Waals surface area (Å²) in [6, 6.07) is 0. The number of unbranched alkanes of at least 4 members (excludes halogenated alkanes) is 30. The van der Waals surface area contributed by atoms with Gasteiger partial charge < -0.3 is 33.8 Å². The number of carbonyl (C=O) groups excluding carboxylic acids is 4. The van der Waals surface area contributed by atoms with E-state index < -0.39 is 97.5 Å². The Morgan fingerprint density at radius 2 is 0.630 bits per heavy atom. The summed E-state index contributed by atoms with van der Waals surface area (Å²) in [5, 5.41) is 10.5. The first kappa shape index (κ1) is 79.1. The molecule has 0 radical (unpaired) electrons. The van der Waals surface area contributed by atoms with Gasteiger partial charge in [-0.25, -0.2) is 9.13 Å². The van der Waals surface area contributed by atoms with Crippen LogP contribution in [-0.4, -0.2) is 96.7 Å². The van der Waals surface area contributed by atoms with E-state index in [4.69, 9.17) is 37.0 Å². The summed E-state index contributed by atoms with van der Waals surface area (Å²) in [5.74, 6) is -0.644. The van der Waals surface area contributed by atoms with Gasteiger partial charge in [-0.2, -0.15) is 0 Å². The number of hydrogen-bond donors (Lipinski definition) is 3. The molecular weight excluding hydrogens is 1080 g/mol. The molecule has 0 bridgehead atoms. The lowest BCUT2D eigenvalue weighted by atomic mass is 9.99. The standard InChI is InChI=1S/C62H120O17P2/c1-7-10-12-14-16-18-26-32-38-44-59(64)72-50-57(78-61(66)46-40-34-28-19-17-15-13-11-8-2)52-76-80(68,69)74-48-56(63)49-75-81(70,71)77-53-58(51-73-60(65)45-39-33-27-22-20-24-30-36-42-54(4)5)79-62(67)47-41-35-29-23-21-25-31-37-43-55(6)9-3/h54-58,63H,7-53H2,1-6H3,(H,68,69)(H,70,71)/t55?,56-,57+,58+/m0/s1. The van der Waals surface area contributed by atoms with E-state index in [0.717, 1.165) is 102 Å². The van der Waals surface area contributed by atoms with Gasteiger partial charge in [0.2, 0.25) is 0 Å². The fourth-order valence-corrected chi connectivity index (χ4v) is 10.7. The van der Waals surface area contributed by atoms with Crippen molar-refractivity contribution < 1.29 is 80.2 Å². The zero-order valence-electron chi connectivity index (χ0n) is 52.1. The van der Waals surface area contributed by atoms with E-state index in [1.165, 1.54) is 122 Å². The highest BCUT2D eigenvalue weighted by Gasteiger charge is 2.30. The van der Waals surface area contributed by atoms with Crippen LogP contribution in [0.1, 0.15) is 305 Å². The Bertz CT molecular complexity index is 1600. The van der Waals surface area contributed by atoms with E-state index in [1.807, 2.05) is 0 Å². The predicted molar refractivity (Wildman–Crippen MR) is 321 cm³/mol. The Balaban J connectivity index is 5.24. The molecule has 19 heteroatoms. The number of phosphoric acid groups is 2. The second kappa shape index (κ2) is 54.7. The number of aliphatic hydroxyl groups is 1. The van der Waals surface area contributed by atoms with Crippen molar-refractivity contribution in [1.29, 1.82) is 0 Å². The van der Waals surface area contributed by atoms with E-state index in [-0.39, 0.29) is 25.7 Å². The molecule has 480 valence electrons. The summed E-state index contributed by atoms with van der Waals surface area (Å²) in [5.41, 5.74) is 0. The van der Waals surface area contributed by atoms with Gasteiger partial charge in [-0.05, 0) is 37.5 Å². The second-order valence-corrected chi connectivity index (χ2v) is 26.1. The highest BCUT2D eigenvalue weighted by atomic mass is 31.2. The normalized spacial score (nSPS) is 14.7. The quantitative estimate of drug-likeness (QED) is 0.0222. The van der Waals surface area contributed by atoms with Crippen molar-refractivity contribution in [3.05, 3.63) is 0 Å². The Morgan fingerprint density at radius 3 is 0.938 bits per heavy atom. The van der Waals surface area contributed by atoms with E-state index >= 15 is 0 Å². The molecule has 0 aliphatic rings. The molecule has 0 aromatic carbocycles. The number of carbonyl (C=O) groups is 4. The van der Waals surface area contributed by atoms with Gasteiger partial charge in [0.05, 0.1) is 26.4 Å². The smallest absolute Gasteiger partial charge is 0.462 e. The van der Waals surface area contributed by atoms with Crippen LogP contribution >= 0.6 is 15.6 Å². The highest BCUT2D eigenvalue weighted by Crippen LogP contribution is 2.45. The van der Waals surface area contributed by atoms with Crippen molar-refractivity contribution in [1.82, 2.24) is 0 Å². The summed E-state index contributed by atoms with van der Waals surface area (Å²) < 4.78 is 67.8. The molecule has 0 spiro atoms. The van der Waals surface area contributed by atoms with Crippen LogP contribution in [0.4, 0.5) is 0 Å². The molecule has 3 unspecified atom stereocenters. The van der Waals surface area contributed by atoms with Crippen molar-refractivity contribution in [2.45, 2.75) is 323 Å². The number of esters is 4. The minimum absolute atomic E-state index is 0.104. The molecule has 81 heavy (non-hydrogen) atoms. The number of ether oxygens (including phenoxy) is 4. The zero-order chi connectivity index (χ0) is 60.1. The van der Waals surface area contributed by atoms with Crippen LogP contribution in [0.25, 0.3) is 0 Å². The van der Waals surface area contributed by atoms with Crippen molar-refractivity contribution in [2.75, 3.05) is 39.6 Å². The van der Waals surface area contributed by atoms with Crippen LogP contribution in [-0.2, 0) is 65.4 Å². The summed E-state index contributed by atoms with van der Waals surface area (Å²) in [6.07, 6.45) is 36.2. The van der Waals surface area contributed by atoms with Gasteiger partial charge in [0.1, 0.15) is 19.3 Å². The Kier molecular flexibility index (Phi) is 53.4. The molecule has 0 aliphatic heterocycles. The van der Waals surface area contributed by atoms with Gasteiger partial charge in [-0.3, -0.25) is 37.3 Å². The molecule has 0 aliphatic carbocycles. The monoisotopic (exact) mass is 1200 g/mol. The molecule has 0 fully saturated rings. The molecule has 0 saturated heterocycles.